The van der Waals surface area contributed by atoms with Crippen LogP contribution in [-0.4, -0.2) is 62.0 Å². The summed E-state index contributed by atoms with van der Waals surface area (Å²) in [6, 6.07) is 22.0. The van der Waals surface area contributed by atoms with Crippen molar-refractivity contribution >= 4 is 28.9 Å². The van der Waals surface area contributed by atoms with Crippen LogP contribution >= 0.6 is 11.3 Å². The van der Waals surface area contributed by atoms with E-state index in [1.165, 1.54) is 0 Å². The molecule has 178 valence electrons. The van der Waals surface area contributed by atoms with E-state index >= 15 is 0 Å². The molecule has 1 aliphatic rings. The van der Waals surface area contributed by atoms with E-state index in [0.717, 1.165) is 60.9 Å². The molecule has 2 heterocycles. The summed E-state index contributed by atoms with van der Waals surface area (Å²) >= 11 is 1.58. The Kier molecular flexibility index (Phi) is 8.90. The fourth-order valence-electron chi connectivity index (χ4n) is 3.95. The minimum Gasteiger partial charge on any atom is -0.489 e. The predicted molar refractivity (Wildman–Crippen MR) is 141 cm³/mol. The van der Waals surface area contributed by atoms with E-state index < -0.39 is 0 Å². The van der Waals surface area contributed by atoms with E-state index in [0.29, 0.717) is 18.7 Å². The molecule has 1 aromatic heterocycles. The molecule has 0 aliphatic carbocycles. The van der Waals surface area contributed by atoms with Gasteiger partial charge in [-0.2, -0.15) is 0 Å². The van der Waals surface area contributed by atoms with Gasteiger partial charge < -0.3 is 19.9 Å². The lowest BCUT2D eigenvalue weighted by atomic mass is 10.1. The maximum Gasteiger partial charge on any atom is 0.252 e. The number of carbonyl (C=O) groups is 1. The first kappa shape index (κ1) is 24.2. The van der Waals surface area contributed by atoms with Crippen molar-refractivity contribution in [2.24, 2.45) is 0 Å². The maximum absolute atomic E-state index is 13.1. The topological polar surface area (TPSA) is 44.8 Å². The quantitative estimate of drug-likeness (QED) is 0.343. The Balaban J connectivity index is 1.37. The number of piperazine rings is 1. The number of likely N-dealkylation sites (N-methyl/N-ethyl adjacent to an activating group) is 1. The molecule has 1 fully saturated rings. The second-order valence-electron chi connectivity index (χ2n) is 8.64. The van der Waals surface area contributed by atoms with Crippen molar-refractivity contribution in [3.63, 3.8) is 0 Å². The second kappa shape index (κ2) is 12.5. The number of nitrogens with one attached hydrogen (secondary N) is 1. The van der Waals surface area contributed by atoms with Gasteiger partial charge >= 0.3 is 0 Å². The standard InChI is InChI=1S/C28H33N3O2S/c1-30-15-17-31(18-16-30)14-7-13-29-28(32)26(27-12-6-19-34-27)21-24-10-5-11-25(20-24)33-22-23-8-3-2-4-9-23/h2-6,8-12,19-21H,7,13-18,22H2,1H3,(H,29,32). The van der Waals surface area contributed by atoms with Crippen molar-refractivity contribution in [1.29, 1.82) is 0 Å². The van der Waals surface area contributed by atoms with Gasteiger partial charge in [-0.3, -0.25) is 4.79 Å². The van der Waals surface area contributed by atoms with E-state index in [4.69, 9.17) is 4.74 Å². The molecule has 0 unspecified atom stereocenters. The lowest BCUT2D eigenvalue weighted by molar-refractivity contribution is -0.115. The van der Waals surface area contributed by atoms with Crippen LogP contribution in [0.5, 0.6) is 5.75 Å². The van der Waals surface area contributed by atoms with Crippen LogP contribution in [0.4, 0.5) is 0 Å². The molecule has 0 saturated carbocycles. The van der Waals surface area contributed by atoms with E-state index in [1.807, 2.05) is 78.2 Å². The zero-order valence-electron chi connectivity index (χ0n) is 19.8. The highest BCUT2D eigenvalue weighted by Crippen LogP contribution is 2.25. The molecular weight excluding hydrogens is 442 g/mol. The van der Waals surface area contributed by atoms with Gasteiger partial charge in [0.25, 0.3) is 5.91 Å². The van der Waals surface area contributed by atoms with Crippen molar-refractivity contribution in [3.05, 3.63) is 88.1 Å². The lowest BCUT2D eigenvalue weighted by Crippen LogP contribution is -2.45. The highest BCUT2D eigenvalue weighted by Gasteiger charge is 2.15. The fraction of sp³-hybridized carbons (Fsp3) is 0.321. The summed E-state index contributed by atoms with van der Waals surface area (Å²) in [5.74, 6) is 0.757. The molecule has 6 heteroatoms. The van der Waals surface area contributed by atoms with Gasteiger partial charge in [-0.25, -0.2) is 0 Å². The number of benzene rings is 2. The van der Waals surface area contributed by atoms with Gasteiger partial charge in [0.2, 0.25) is 0 Å². The smallest absolute Gasteiger partial charge is 0.252 e. The first-order valence-electron chi connectivity index (χ1n) is 11.9. The monoisotopic (exact) mass is 475 g/mol. The molecule has 1 saturated heterocycles. The van der Waals surface area contributed by atoms with Crippen molar-refractivity contribution in [3.8, 4) is 5.75 Å². The van der Waals surface area contributed by atoms with Gasteiger partial charge in [-0.1, -0.05) is 48.5 Å². The Morgan fingerprint density at radius 2 is 1.85 bits per heavy atom. The van der Waals surface area contributed by atoms with Gasteiger partial charge in [-0.15, -0.1) is 11.3 Å². The maximum atomic E-state index is 13.1. The molecule has 1 N–H and O–H groups in total. The Morgan fingerprint density at radius 3 is 2.62 bits per heavy atom. The van der Waals surface area contributed by atoms with Gasteiger partial charge in [-0.05, 0) is 60.8 Å². The van der Waals surface area contributed by atoms with Gasteiger partial charge in [0.15, 0.2) is 0 Å². The van der Waals surface area contributed by atoms with Crippen LogP contribution in [0.1, 0.15) is 22.4 Å². The average molecular weight is 476 g/mol. The zero-order valence-corrected chi connectivity index (χ0v) is 20.6. The molecule has 2 aromatic carbocycles. The number of hydrogen-bond acceptors (Lipinski definition) is 5. The highest BCUT2D eigenvalue weighted by atomic mass is 32.1. The first-order valence-corrected chi connectivity index (χ1v) is 12.8. The summed E-state index contributed by atoms with van der Waals surface area (Å²) in [4.78, 5) is 18.9. The number of nitrogens with zero attached hydrogens (tertiary/aromatic N) is 2. The van der Waals surface area contributed by atoms with Gasteiger partial charge in [0.1, 0.15) is 12.4 Å². The molecule has 0 atom stereocenters. The number of hydrogen-bond donors (Lipinski definition) is 1. The summed E-state index contributed by atoms with van der Waals surface area (Å²) in [6.45, 7) is 6.65. The number of ether oxygens (including phenoxy) is 1. The minimum absolute atomic E-state index is 0.0311. The molecule has 5 nitrogen and oxygen atoms in total. The minimum atomic E-state index is -0.0311. The van der Waals surface area contributed by atoms with Crippen LogP contribution in [0.2, 0.25) is 0 Å². The highest BCUT2D eigenvalue weighted by molar-refractivity contribution is 7.11. The summed E-state index contributed by atoms with van der Waals surface area (Å²) in [5.41, 5.74) is 2.76. The molecule has 4 rings (SSSR count). The molecule has 0 radical (unpaired) electrons. The van der Waals surface area contributed by atoms with E-state index in [1.54, 1.807) is 11.3 Å². The fourth-order valence-corrected chi connectivity index (χ4v) is 4.69. The summed E-state index contributed by atoms with van der Waals surface area (Å²) in [7, 11) is 2.17. The summed E-state index contributed by atoms with van der Waals surface area (Å²) in [6.07, 6.45) is 2.91. The molecule has 1 amide bonds. The van der Waals surface area contributed by atoms with Crippen molar-refractivity contribution in [2.75, 3.05) is 46.3 Å². The van der Waals surface area contributed by atoms with Crippen molar-refractivity contribution in [1.82, 2.24) is 15.1 Å². The molecule has 3 aromatic rings. The van der Waals surface area contributed by atoms with E-state index in [2.05, 4.69) is 22.2 Å². The van der Waals surface area contributed by atoms with Crippen LogP contribution in [-0.2, 0) is 11.4 Å². The normalized spacial score (nSPS) is 15.3. The zero-order chi connectivity index (χ0) is 23.6. The van der Waals surface area contributed by atoms with E-state index in [9.17, 15) is 4.79 Å². The van der Waals surface area contributed by atoms with Crippen LogP contribution < -0.4 is 10.1 Å². The largest absolute Gasteiger partial charge is 0.489 e. The molecule has 34 heavy (non-hydrogen) atoms. The summed E-state index contributed by atoms with van der Waals surface area (Å²) < 4.78 is 5.97. The Labute approximate surface area is 206 Å². The number of carbonyl (C=O) groups excluding carboxylic acids is 1. The number of amides is 1. The third kappa shape index (κ3) is 7.29. The van der Waals surface area contributed by atoms with Gasteiger partial charge in [0, 0.05) is 37.6 Å². The van der Waals surface area contributed by atoms with Crippen LogP contribution in [0.3, 0.4) is 0 Å². The second-order valence-corrected chi connectivity index (χ2v) is 9.58. The number of rotatable bonds is 10. The van der Waals surface area contributed by atoms with Gasteiger partial charge in [0.05, 0.1) is 5.57 Å². The molecule has 0 bridgehead atoms. The van der Waals surface area contributed by atoms with Crippen molar-refractivity contribution < 1.29 is 9.53 Å². The van der Waals surface area contributed by atoms with E-state index in [-0.39, 0.29) is 5.91 Å². The molecule has 0 spiro atoms. The first-order chi connectivity index (χ1) is 16.7. The Morgan fingerprint density at radius 1 is 1.03 bits per heavy atom. The van der Waals surface area contributed by atoms with Crippen LogP contribution in [0.15, 0.2) is 72.1 Å². The molecule has 1 aliphatic heterocycles. The van der Waals surface area contributed by atoms with Crippen molar-refractivity contribution in [2.45, 2.75) is 13.0 Å². The van der Waals surface area contributed by atoms with Crippen LogP contribution in [0.25, 0.3) is 11.6 Å². The Bertz CT molecular complexity index is 1060. The van der Waals surface area contributed by atoms with Crippen LogP contribution in [0, 0.1) is 0 Å². The number of thiophene rings is 1. The lowest BCUT2D eigenvalue weighted by Gasteiger charge is -2.32. The summed E-state index contributed by atoms with van der Waals surface area (Å²) in [5, 5.41) is 5.14. The molecular formula is C28H33N3O2S. The average Bonchev–Trinajstić information content (AvgIpc) is 3.40. The Hall–Kier alpha value is -2.93. The third-order valence-electron chi connectivity index (χ3n) is 5.98. The predicted octanol–water partition coefficient (Wildman–Crippen LogP) is 4.62. The SMILES string of the molecule is CN1CCN(CCCNC(=O)C(=Cc2cccc(OCc3ccccc3)c2)c2cccs2)CC1. The third-order valence-corrected chi connectivity index (χ3v) is 6.88.